The SMILES string of the molecule is O=C(NCc1cc(-c2ccc(C(F)(F)F)cc2)nc(-c2ccccc2C(F)(F)F)n1)[C@@H]1CCCN1S(=O)(=O)c1ccc(F)cc1. The van der Waals surface area contributed by atoms with Crippen LogP contribution in [0.1, 0.15) is 29.7 Å². The predicted molar refractivity (Wildman–Crippen MR) is 148 cm³/mol. The van der Waals surface area contributed by atoms with Crippen LogP contribution in [0.2, 0.25) is 0 Å². The molecule has 4 aromatic rings. The average Bonchev–Trinajstić information content (AvgIpc) is 3.51. The van der Waals surface area contributed by atoms with Crippen molar-refractivity contribution in [3.05, 3.63) is 102 Å². The van der Waals surface area contributed by atoms with E-state index >= 15 is 0 Å². The molecule has 1 aliphatic rings. The highest BCUT2D eigenvalue weighted by molar-refractivity contribution is 7.89. The fraction of sp³-hybridized carbons (Fsp3) is 0.233. The normalized spacial score (nSPS) is 16.1. The molecule has 1 amide bonds. The van der Waals surface area contributed by atoms with Crippen LogP contribution >= 0.6 is 0 Å². The molecule has 15 heteroatoms. The molecule has 2 heterocycles. The van der Waals surface area contributed by atoms with Crippen molar-refractivity contribution in [1.29, 1.82) is 0 Å². The van der Waals surface area contributed by atoms with Crippen LogP contribution in [0.15, 0.2) is 83.8 Å². The van der Waals surface area contributed by atoms with Gasteiger partial charge >= 0.3 is 12.4 Å². The third-order valence-electron chi connectivity index (χ3n) is 7.13. The third kappa shape index (κ3) is 6.99. The second-order valence-electron chi connectivity index (χ2n) is 10.1. The number of benzene rings is 3. The maximum absolute atomic E-state index is 13.8. The van der Waals surface area contributed by atoms with Crippen molar-refractivity contribution in [3.8, 4) is 22.6 Å². The molecule has 0 aliphatic carbocycles. The molecule has 1 aromatic heterocycles. The number of nitrogens with one attached hydrogen (secondary N) is 1. The molecular formula is C30H23F7N4O3S. The Kier molecular flexibility index (Phi) is 8.68. The van der Waals surface area contributed by atoms with Crippen molar-refractivity contribution >= 4 is 15.9 Å². The Balaban J connectivity index is 1.46. The van der Waals surface area contributed by atoms with Gasteiger partial charge in [-0.05, 0) is 61.4 Å². The number of aromatic nitrogens is 2. The molecule has 0 radical (unpaired) electrons. The van der Waals surface area contributed by atoms with Crippen molar-refractivity contribution in [2.75, 3.05) is 6.54 Å². The first-order valence-corrected chi connectivity index (χ1v) is 14.9. The maximum atomic E-state index is 13.8. The Morgan fingerprint density at radius 2 is 1.56 bits per heavy atom. The number of nitrogens with zero attached hydrogens (tertiary/aromatic N) is 3. The van der Waals surface area contributed by atoms with Gasteiger partial charge in [-0.1, -0.05) is 30.3 Å². The number of hydrogen-bond acceptors (Lipinski definition) is 5. The van der Waals surface area contributed by atoms with E-state index in [-0.39, 0.29) is 47.2 Å². The number of halogens is 7. The summed E-state index contributed by atoms with van der Waals surface area (Å²) in [4.78, 5) is 21.4. The number of amides is 1. The first-order valence-electron chi connectivity index (χ1n) is 13.4. The molecule has 1 fully saturated rings. The Bertz CT molecular complexity index is 1810. The van der Waals surface area contributed by atoms with Gasteiger partial charge in [0.25, 0.3) is 0 Å². The molecule has 7 nitrogen and oxygen atoms in total. The fourth-order valence-electron chi connectivity index (χ4n) is 4.94. The van der Waals surface area contributed by atoms with Crippen molar-refractivity contribution in [2.45, 2.75) is 42.7 Å². The summed E-state index contributed by atoms with van der Waals surface area (Å²) in [6.45, 7) is -0.334. The molecule has 45 heavy (non-hydrogen) atoms. The Hall–Kier alpha value is -4.37. The zero-order valence-corrected chi connectivity index (χ0v) is 23.8. The molecule has 0 bridgehead atoms. The van der Waals surface area contributed by atoms with E-state index in [4.69, 9.17) is 0 Å². The summed E-state index contributed by atoms with van der Waals surface area (Å²) in [5, 5.41) is 2.57. The second kappa shape index (κ2) is 12.2. The first kappa shape index (κ1) is 32.0. The third-order valence-corrected chi connectivity index (χ3v) is 9.05. The molecule has 1 atom stereocenters. The number of carbonyl (C=O) groups is 1. The Morgan fingerprint density at radius 1 is 0.889 bits per heavy atom. The highest BCUT2D eigenvalue weighted by atomic mass is 32.2. The lowest BCUT2D eigenvalue weighted by Crippen LogP contribution is -2.45. The molecule has 1 saturated heterocycles. The lowest BCUT2D eigenvalue weighted by Gasteiger charge is -2.23. The van der Waals surface area contributed by atoms with Crippen LogP contribution in [-0.4, -0.2) is 41.2 Å². The zero-order valence-electron chi connectivity index (χ0n) is 23.0. The van der Waals surface area contributed by atoms with Crippen molar-refractivity contribution in [3.63, 3.8) is 0 Å². The molecule has 236 valence electrons. The van der Waals surface area contributed by atoms with Gasteiger partial charge in [0.1, 0.15) is 11.9 Å². The number of sulfonamides is 1. The second-order valence-corrected chi connectivity index (χ2v) is 12.0. The summed E-state index contributed by atoms with van der Waals surface area (Å²) in [5.41, 5.74) is -2.21. The number of rotatable bonds is 7. The summed E-state index contributed by atoms with van der Waals surface area (Å²) in [6.07, 6.45) is -8.85. The van der Waals surface area contributed by atoms with Gasteiger partial charge in [-0.2, -0.15) is 30.6 Å². The van der Waals surface area contributed by atoms with Crippen LogP contribution in [0.5, 0.6) is 0 Å². The van der Waals surface area contributed by atoms with Crippen LogP contribution in [0, 0.1) is 5.82 Å². The van der Waals surface area contributed by atoms with E-state index in [9.17, 15) is 43.9 Å². The zero-order chi connectivity index (χ0) is 32.6. The summed E-state index contributed by atoms with van der Waals surface area (Å²) in [5.74, 6) is -1.72. The molecule has 0 spiro atoms. The van der Waals surface area contributed by atoms with Gasteiger partial charge in [0.05, 0.1) is 34.0 Å². The van der Waals surface area contributed by atoms with E-state index in [2.05, 4.69) is 15.3 Å². The lowest BCUT2D eigenvalue weighted by atomic mass is 10.0. The van der Waals surface area contributed by atoms with Gasteiger partial charge < -0.3 is 5.32 Å². The number of hydrogen-bond donors (Lipinski definition) is 1. The van der Waals surface area contributed by atoms with Gasteiger partial charge in [-0.3, -0.25) is 4.79 Å². The molecule has 5 rings (SSSR count). The molecule has 1 N–H and O–H groups in total. The summed E-state index contributed by atoms with van der Waals surface area (Å²) in [6, 6.07) is 12.7. The predicted octanol–water partition coefficient (Wildman–Crippen LogP) is 6.46. The quantitative estimate of drug-likeness (QED) is 0.232. The average molecular weight is 653 g/mol. The minimum absolute atomic E-state index is 0.00340. The van der Waals surface area contributed by atoms with Crippen molar-refractivity contribution < 1.29 is 43.9 Å². The Morgan fingerprint density at radius 3 is 2.20 bits per heavy atom. The van der Waals surface area contributed by atoms with Gasteiger partial charge in [0, 0.05) is 17.7 Å². The van der Waals surface area contributed by atoms with Crippen LogP contribution in [0.4, 0.5) is 30.7 Å². The lowest BCUT2D eigenvalue weighted by molar-refractivity contribution is -0.138. The molecule has 3 aromatic carbocycles. The van der Waals surface area contributed by atoms with Crippen LogP contribution < -0.4 is 5.32 Å². The van der Waals surface area contributed by atoms with E-state index in [0.717, 1.165) is 65.0 Å². The van der Waals surface area contributed by atoms with E-state index < -0.39 is 56.8 Å². The monoisotopic (exact) mass is 652 g/mol. The van der Waals surface area contributed by atoms with E-state index in [1.54, 1.807) is 0 Å². The van der Waals surface area contributed by atoms with Crippen molar-refractivity contribution in [2.24, 2.45) is 0 Å². The highest BCUT2D eigenvalue weighted by Crippen LogP contribution is 2.37. The Labute approximate surface area is 252 Å². The maximum Gasteiger partial charge on any atom is 0.417 e. The minimum atomic E-state index is -4.78. The van der Waals surface area contributed by atoms with E-state index in [1.807, 2.05) is 0 Å². The summed E-state index contributed by atoms with van der Waals surface area (Å²) in [7, 11) is -4.16. The number of alkyl halides is 6. The smallest absolute Gasteiger partial charge is 0.349 e. The van der Waals surface area contributed by atoms with Gasteiger partial charge in [0.2, 0.25) is 15.9 Å². The van der Waals surface area contributed by atoms with Crippen LogP contribution in [-0.2, 0) is 33.7 Å². The summed E-state index contributed by atoms with van der Waals surface area (Å²) >= 11 is 0. The summed E-state index contributed by atoms with van der Waals surface area (Å²) < 4.78 is 122. The molecule has 1 aliphatic heterocycles. The van der Waals surface area contributed by atoms with Gasteiger partial charge in [0.15, 0.2) is 5.82 Å². The molecular weight excluding hydrogens is 629 g/mol. The van der Waals surface area contributed by atoms with Gasteiger partial charge in [-0.15, -0.1) is 0 Å². The molecule has 0 saturated carbocycles. The van der Waals surface area contributed by atoms with Crippen LogP contribution in [0.25, 0.3) is 22.6 Å². The molecule has 0 unspecified atom stereocenters. The largest absolute Gasteiger partial charge is 0.417 e. The standard InChI is InChI=1S/C30H23F7N4O3S/c31-20-11-13-22(14-12-20)45(43,44)41-15-3-6-26(41)28(42)38-17-21-16-25(18-7-9-19(10-8-18)29(32,33)34)40-27(39-21)23-4-1-2-5-24(23)30(35,36)37/h1-2,4-5,7-14,16,26H,3,6,15,17H2,(H,38,42)/t26-/m0/s1. The highest BCUT2D eigenvalue weighted by Gasteiger charge is 2.39. The van der Waals surface area contributed by atoms with Gasteiger partial charge in [-0.25, -0.2) is 22.8 Å². The van der Waals surface area contributed by atoms with Crippen molar-refractivity contribution in [1.82, 2.24) is 19.6 Å². The number of carbonyl (C=O) groups excluding carboxylic acids is 1. The minimum Gasteiger partial charge on any atom is -0.349 e. The van der Waals surface area contributed by atoms with Crippen LogP contribution in [0.3, 0.4) is 0 Å². The van der Waals surface area contributed by atoms with E-state index in [1.165, 1.54) is 18.2 Å². The fourth-order valence-corrected chi connectivity index (χ4v) is 6.60. The first-order chi connectivity index (χ1) is 21.1. The van der Waals surface area contributed by atoms with E-state index in [0.29, 0.717) is 6.42 Å². The topological polar surface area (TPSA) is 92.3 Å².